The van der Waals surface area contributed by atoms with Crippen LogP contribution in [0, 0.1) is 6.57 Å². The fourth-order valence-corrected chi connectivity index (χ4v) is 4.18. The Kier molecular flexibility index (Phi) is 6.22. The molecule has 10 heteroatoms. The van der Waals surface area contributed by atoms with Crippen LogP contribution < -0.4 is 20.7 Å². The molecule has 1 aromatic heterocycles. The van der Waals surface area contributed by atoms with E-state index in [0.717, 1.165) is 16.3 Å². The minimum atomic E-state index is -1.50. The van der Waals surface area contributed by atoms with Gasteiger partial charge in [-0.1, -0.05) is 29.8 Å². The molecule has 1 aliphatic heterocycles. The number of hydrogen-bond donors (Lipinski definition) is 3. The first-order chi connectivity index (χ1) is 15.8. The Morgan fingerprint density at radius 2 is 2.03 bits per heavy atom. The van der Waals surface area contributed by atoms with Gasteiger partial charge in [-0.15, -0.1) is 10.2 Å². The van der Waals surface area contributed by atoms with Crippen LogP contribution in [0.4, 0.5) is 17.3 Å². The van der Waals surface area contributed by atoms with E-state index in [9.17, 15) is 9.90 Å². The Labute approximate surface area is 195 Å². The number of nitrogens with zero attached hydrogens (tertiary/aromatic N) is 4. The first kappa shape index (κ1) is 22.6. The Balaban J connectivity index is 1.63. The highest BCUT2D eigenvalue weighted by atomic mass is 35.5. The van der Waals surface area contributed by atoms with Gasteiger partial charge < -0.3 is 25.8 Å². The maximum absolute atomic E-state index is 11.6. The van der Waals surface area contributed by atoms with Gasteiger partial charge in [-0.25, -0.2) is 4.85 Å². The number of carbonyl (C=O) groups excluding carboxylic acids is 1. The Bertz CT molecular complexity index is 1250. The number of methoxy groups -OCH3 is 1. The number of piperidine rings is 1. The molecule has 0 atom stereocenters. The van der Waals surface area contributed by atoms with Gasteiger partial charge in [0, 0.05) is 43.2 Å². The molecule has 1 saturated heterocycles. The smallest absolute Gasteiger partial charge is 0.249 e. The number of primary amides is 1. The number of aromatic nitrogens is 2. The molecule has 0 spiro atoms. The number of fused-ring (bicyclic) bond motifs is 1. The second-order valence-electron chi connectivity index (χ2n) is 7.92. The van der Waals surface area contributed by atoms with Crippen LogP contribution in [0.3, 0.4) is 0 Å². The molecule has 2 aromatic carbocycles. The highest BCUT2D eigenvalue weighted by Gasteiger charge is 2.38. The predicted octanol–water partition coefficient (Wildman–Crippen LogP) is 3.27. The highest BCUT2D eigenvalue weighted by molar-refractivity contribution is 6.32. The first-order valence-corrected chi connectivity index (χ1v) is 10.7. The van der Waals surface area contributed by atoms with Gasteiger partial charge in [0.2, 0.25) is 5.91 Å². The molecule has 2 heterocycles. The first-order valence-electron chi connectivity index (χ1n) is 10.4. The van der Waals surface area contributed by atoms with Crippen LogP contribution >= 0.6 is 11.6 Å². The van der Waals surface area contributed by atoms with Crippen LogP contribution in [0.25, 0.3) is 15.6 Å². The summed E-state index contributed by atoms with van der Waals surface area (Å²) < 4.78 is 5.19. The molecule has 3 aromatic rings. The Hall–Kier alpha value is -3.61. The standard InChI is InChI=1S/C23H23ClN6O3/c1-26-15-4-5-16-17(12-15)20(27-13-14-3-6-19(33-2)18(24)11-14)28-29-21(16)30-9-7-23(32,8-10-30)22(25)31/h3-6,11-12,32H,7-10,13H2,2H3,(H2,25,31)(H,27,28). The van der Waals surface area contributed by atoms with Crippen molar-refractivity contribution in [3.05, 3.63) is 58.4 Å². The van der Waals surface area contributed by atoms with E-state index in [1.807, 2.05) is 23.1 Å². The number of hydrogen-bond acceptors (Lipinski definition) is 7. The molecule has 33 heavy (non-hydrogen) atoms. The maximum Gasteiger partial charge on any atom is 0.249 e. The maximum atomic E-state index is 11.6. The lowest BCUT2D eigenvalue weighted by molar-refractivity contribution is -0.138. The number of amides is 1. The van der Waals surface area contributed by atoms with Crippen LogP contribution in [-0.4, -0.2) is 47.0 Å². The summed E-state index contributed by atoms with van der Waals surface area (Å²) in [6, 6.07) is 10.9. The van der Waals surface area contributed by atoms with Gasteiger partial charge in [0.1, 0.15) is 11.4 Å². The zero-order valence-corrected chi connectivity index (χ0v) is 18.8. The third kappa shape index (κ3) is 4.49. The number of carbonyl (C=O) groups is 1. The summed E-state index contributed by atoms with van der Waals surface area (Å²) in [4.78, 5) is 17.1. The highest BCUT2D eigenvalue weighted by Crippen LogP contribution is 2.34. The van der Waals surface area contributed by atoms with Gasteiger partial charge in [0.05, 0.1) is 18.7 Å². The van der Waals surface area contributed by atoms with Crippen LogP contribution in [0.2, 0.25) is 5.02 Å². The van der Waals surface area contributed by atoms with Crippen molar-refractivity contribution >= 4 is 45.6 Å². The lowest BCUT2D eigenvalue weighted by Gasteiger charge is -2.36. The second-order valence-corrected chi connectivity index (χ2v) is 8.33. The van der Waals surface area contributed by atoms with E-state index >= 15 is 0 Å². The van der Waals surface area contributed by atoms with E-state index in [1.165, 1.54) is 0 Å². The lowest BCUT2D eigenvalue weighted by atomic mass is 9.90. The summed E-state index contributed by atoms with van der Waals surface area (Å²) in [6.07, 6.45) is 0.424. The molecular weight excluding hydrogens is 444 g/mol. The van der Waals surface area contributed by atoms with Crippen molar-refractivity contribution in [1.29, 1.82) is 0 Å². The fourth-order valence-electron chi connectivity index (χ4n) is 3.90. The molecule has 0 aliphatic carbocycles. The summed E-state index contributed by atoms with van der Waals surface area (Å²) in [7, 11) is 1.56. The molecule has 1 amide bonds. The van der Waals surface area contributed by atoms with Gasteiger partial charge >= 0.3 is 0 Å². The summed E-state index contributed by atoms with van der Waals surface area (Å²) in [5.41, 5.74) is 5.26. The van der Waals surface area contributed by atoms with Crippen LogP contribution in [0.1, 0.15) is 18.4 Å². The second kappa shape index (κ2) is 9.10. The SMILES string of the molecule is [C-]#[N+]c1ccc2c(N3CCC(O)(C(N)=O)CC3)nnc(NCc3ccc(OC)c(Cl)c3)c2c1. The number of anilines is 2. The number of rotatable bonds is 6. The average Bonchev–Trinajstić information content (AvgIpc) is 2.82. The quantitative estimate of drug-likeness (QED) is 0.477. The number of benzene rings is 2. The molecule has 4 N–H and O–H groups in total. The Morgan fingerprint density at radius 3 is 2.67 bits per heavy atom. The van der Waals surface area contributed by atoms with E-state index in [1.54, 1.807) is 25.3 Å². The minimum absolute atomic E-state index is 0.212. The number of halogens is 1. The van der Waals surface area contributed by atoms with E-state index < -0.39 is 11.5 Å². The van der Waals surface area contributed by atoms with E-state index in [-0.39, 0.29) is 12.8 Å². The molecule has 9 nitrogen and oxygen atoms in total. The van der Waals surface area contributed by atoms with E-state index in [2.05, 4.69) is 20.4 Å². The normalized spacial score (nSPS) is 15.2. The molecule has 4 rings (SSSR count). The molecule has 0 bridgehead atoms. The molecule has 0 unspecified atom stereocenters. The molecule has 1 fully saturated rings. The molecule has 170 valence electrons. The third-order valence-electron chi connectivity index (χ3n) is 5.90. The lowest BCUT2D eigenvalue weighted by Crippen LogP contribution is -2.52. The van der Waals surface area contributed by atoms with Crippen LogP contribution in [0.5, 0.6) is 5.75 Å². The fraction of sp³-hybridized carbons (Fsp3) is 0.304. The van der Waals surface area contributed by atoms with Crippen molar-refractivity contribution in [3.8, 4) is 5.75 Å². The van der Waals surface area contributed by atoms with Gasteiger partial charge in [-0.2, -0.15) is 0 Å². The Morgan fingerprint density at radius 1 is 1.27 bits per heavy atom. The van der Waals surface area contributed by atoms with Crippen molar-refractivity contribution in [2.24, 2.45) is 5.73 Å². The molecular formula is C23H23ClN6O3. The van der Waals surface area contributed by atoms with Crippen LogP contribution in [0.15, 0.2) is 36.4 Å². The predicted molar refractivity (Wildman–Crippen MR) is 127 cm³/mol. The molecule has 1 aliphatic rings. The zero-order valence-electron chi connectivity index (χ0n) is 18.0. The number of aliphatic hydroxyl groups is 1. The number of ether oxygens (including phenoxy) is 1. The summed E-state index contributed by atoms with van der Waals surface area (Å²) in [6.45, 7) is 8.65. The topological polar surface area (TPSA) is 118 Å². The van der Waals surface area contributed by atoms with Gasteiger partial charge in [-0.3, -0.25) is 4.79 Å². The van der Waals surface area contributed by atoms with Crippen molar-refractivity contribution in [2.45, 2.75) is 25.0 Å². The third-order valence-corrected chi connectivity index (χ3v) is 6.19. The number of nitrogens with one attached hydrogen (secondary N) is 1. The largest absolute Gasteiger partial charge is 0.495 e. The van der Waals surface area contributed by atoms with Crippen molar-refractivity contribution < 1.29 is 14.6 Å². The van der Waals surface area contributed by atoms with E-state index in [0.29, 0.717) is 47.7 Å². The number of nitrogens with two attached hydrogens (primary N) is 1. The monoisotopic (exact) mass is 466 g/mol. The average molecular weight is 467 g/mol. The van der Waals surface area contributed by atoms with Crippen molar-refractivity contribution in [1.82, 2.24) is 10.2 Å². The van der Waals surface area contributed by atoms with Crippen molar-refractivity contribution in [3.63, 3.8) is 0 Å². The van der Waals surface area contributed by atoms with E-state index in [4.69, 9.17) is 28.6 Å². The minimum Gasteiger partial charge on any atom is -0.495 e. The zero-order chi connectivity index (χ0) is 23.6. The molecule has 0 radical (unpaired) electrons. The van der Waals surface area contributed by atoms with Gasteiger partial charge in [-0.05, 0) is 23.8 Å². The van der Waals surface area contributed by atoms with Crippen LogP contribution in [-0.2, 0) is 11.3 Å². The van der Waals surface area contributed by atoms with Gasteiger partial charge in [0.15, 0.2) is 17.3 Å². The summed E-state index contributed by atoms with van der Waals surface area (Å²) in [5, 5.41) is 24.5. The van der Waals surface area contributed by atoms with Crippen molar-refractivity contribution in [2.75, 3.05) is 30.4 Å². The summed E-state index contributed by atoms with van der Waals surface area (Å²) >= 11 is 6.23. The summed E-state index contributed by atoms with van der Waals surface area (Å²) in [5.74, 6) is 1.06. The molecule has 0 saturated carbocycles. The van der Waals surface area contributed by atoms with Gasteiger partial charge in [0.25, 0.3) is 0 Å².